The van der Waals surface area contributed by atoms with Crippen LogP contribution in [0.4, 0.5) is 0 Å². The fourth-order valence-electron chi connectivity index (χ4n) is 0.499. The Morgan fingerprint density at radius 1 is 1.15 bits per heavy atom. The maximum atomic E-state index is 8.81. The molecule has 0 aliphatic heterocycles. The molecule has 0 saturated carbocycles. The normalized spacial score (nSPS) is 14.5. The Kier molecular flexibility index (Phi) is 7.12. The van der Waals surface area contributed by atoms with Gasteiger partial charge >= 0.3 is 8.60 Å². The molecule has 0 spiro atoms. The summed E-state index contributed by atoms with van der Waals surface area (Å²) in [6.07, 6.45) is 0. The molecule has 8 heteroatoms. The third-order valence-corrected chi connectivity index (χ3v) is 2.37. The van der Waals surface area contributed by atoms with E-state index in [2.05, 4.69) is 8.60 Å². The standard InChI is InChI=1S/C5H12ClO6P/c6-12-13(10)11-4-5(1-7,2-8)3-9/h7-10H,1-4H2. The molecular formula is C5H12ClO6P. The summed E-state index contributed by atoms with van der Waals surface area (Å²) in [7, 11) is -2.23. The van der Waals surface area contributed by atoms with E-state index in [9.17, 15) is 0 Å². The van der Waals surface area contributed by atoms with E-state index >= 15 is 0 Å². The Balaban J connectivity index is 3.95. The summed E-state index contributed by atoms with van der Waals surface area (Å²) >= 11 is 4.78. The van der Waals surface area contributed by atoms with Crippen molar-refractivity contribution in [1.82, 2.24) is 0 Å². The van der Waals surface area contributed by atoms with Gasteiger partial charge in [-0.25, -0.2) is 0 Å². The van der Waals surface area contributed by atoms with Gasteiger partial charge in [0, 0.05) is 0 Å². The van der Waals surface area contributed by atoms with Crippen LogP contribution in [0.25, 0.3) is 0 Å². The monoisotopic (exact) mass is 234 g/mol. The first-order chi connectivity index (χ1) is 6.14. The number of aliphatic hydroxyl groups excluding tert-OH is 3. The van der Waals surface area contributed by atoms with E-state index in [1.807, 2.05) is 0 Å². The van der Waals surface area contributed by atoms with Crippen molar-refractivity contribution in [1.29, 1.82) is 0 Å². The molecule has 0 rings (SSSR count). The summed E-state index contributed by atoms with van der Waals surface area (Å²) in [6, 6.07) is 0. The van der Waals surface area contributed by atoms with E-state index in [0.29, 0.717) is 0 Å². The Labute approximate surface area is 81.8 Å². The van der Waals surface area contributed by atoms with E-state index < -0.39 is 33.8 Å². The Bertz CT molecular complexity index is 124. The fourth-order valence-corrected chi connectivity index (χ4v) is 1.04. The number of rotatable bonds is 7. The second kappa shape index (κ2) is 6.86. The van der Waals surface area contributed by atoms with Gasteiger partial charge in [-0.15, -0.1) is 0 Å². The topological polar surface area (TPSA) is 99.4 Å². The highest BCUT2D eigenvalue weighted by molar-refractivity contribution is 7.41. The minimum atomic E-state index is -2.23. The summed E-state index contributed by atoms with van der Waals surface area (Å²) in [4.78, 5) is 8.75. The lowest BCUT2D eigenvalue weighted by Gasteiger charge is -2.26. The quantitative estimate of drug-likeness (QED) is 0.437. The molecule has 13 heavy (non-hydrogen) atoms. The van der Waals surface area contributed by atoms with Crippen LogP contribution in [0, 0.1) is 5.41 Å². The van der Waals surface area contributed by atoms with Crippen LogP contribution in [-0.2, 0) is 8.60 Å². The molecule has 0 aromatic carbocycles. The third-order valence-electron chi connectivity index (χ3n) is 1.55. The van der Waals surface area contributed by atoms with Crippen molar-refractivity contribution >= 4 is 20.5 Å². The van der Waals surface area contributed by atoms with Gasteiger partial charge in [-0.2, -0.15) is 4.08 Å². The van der Waals surface area contributed by atoms with Gasteiger partial charge in [0.05, 0.1) is 43.7 Å². The molecule has 0 aromatic heterocycles. The third kappa shape index (κ3) is 4.49. The van der Waals surface area contributed by atoms with Crippen LogP contribution in [0.15, 0.2) is 0 Å². The van der Waals surface area contributed by atoms with Crippen molar-refractivity contribution < 1.29 is 28.8 Å². The maximum Gasteiger partial charge on any atom is 0.347 e. The van der Waals surface area contributed by atoms with E-state index in [-0.39, 0.29) is 6.61 Å². The van der Waals surface area contributed by atoms with E-state index in [1.54, 1.807) is 0 Å². The summed E-state index contributed by atoms with van der Waals surface area (Å²) in [5.74, 6) is 0. The predicted octanol–water partition coefficient (Wildman–Crippen LogP) is -0.644. The maximum absolute atomic E-state index is 8.81. The van der Waals surface area contributed by atoms with Gasteiger partial charge in [0.1, 0.15) is 0 Å². The van der Waals surface area contributed by atoms with Crippen LogP contribution in [0.1, 0.15) is 0 Å². The fraction of sp³-hybridized carbons (Fsp3) is 1.00. The van der Waals surface area contributed by atoms with Gasteiger partial charge in [-0.05, 0) is 0 Å². The van der Waals surface area contributed by atoms with Gasteiger partial charge in [-0.3, -0.25) is 0 Å². The Morgan fingerprint density at radius 2 is 1.62 bits per heavy atom. The molecule has 1 atom stereocenters. The zero-order valence-electron chi connectivity index (χ0n) is 6.76. The smallest absolute Gasteiger partial charge is 0.347 e. The van der Waals surface area contributed by atoms with Crippen LogP contribution in [0.3, 0.4) is 0 Å². The molecular weight excluding hydrogens is 222 g/mol. The molecule has 0 aliphatic carbocycles. The molecule has 0 aromatic rings. The average molecular weight is 235 g/mol. The van der Waals surface area contributed by atoms with Gasteiger partial charge in [-0.1, -0.05) is 0 Å². The van der Waals surface area contributed by atoms with Crippen molar-refractivity contribution in [3.8, 4) is 0 Å². The highest BCUT2D eigenvalue weighted by Gasteiger charge is 2.30. The molecule has 0 saturated heterocycles. The highest BCUT2D eigenvalue weighted by atomic mass is 35.5. The van der Waals surface area contributed by atoms with Crippen molar-refractivity contribution in [3.05, 3.63) is 0 Å². The van der Waals surface area contributed by atoms with Crippen molar-refractivity contribution in [3.63, 3.8) is 0 Å². The van der Waals surface area contributed by atoms with Crippen LogP contribution < -0.4 is 0 Å². The number of hydrogen-bond donors (Lipinski definition) is 4. The summed E-state index contributed by atoms with van der Waals surface area (Å²) in [5.41, 5.74) is -1.18. The molecule has 80 valence electrons. The molecule has 0 bridgehead atoms. The Hall–Kier alpha value is 0.480. The molecule has 6 nitrogen and oxygen atoms in total. The van der Waals surface area contributed by atoms with Crippen molar-refractivity contribution in [2.24, 2.45) is 5.41 Å². The van der Waals surface area contributed by atoms with Crippen molar-refractivity contribution in [2.45, 2.75) is 0 Å². The molecule has 0 fully saturated rings. The minimum absolute atomic E-state index is 0.245. The first-order valence-electron chi connectivity index (χ1n) is 3.37. The first kappa shape index (κ1) is 13.5. The second-order valence-electron chi connectivity index (χ2n) is 2.55. The first-order valence-corrected chi connectivity index (χ1v) is 4.81. The minimum Gasteiger partial charge on any atom is -0.396 e. The van der Waals surface area contributed by atoms with Crippen molar-refractivity contribution in [2.75, 3.05) is 26.4 Å². The van der Waals surface area contributed by atoms with Gasteiger partial charge < -0.3 is 24.7 Å². The molecule has 0 heterocycles. The van der Waals surface area contributed by atoms with Gasteiger partial charge in [0.2, 0.25) is 0 Å². The van der Waals surface area contributed by atoms with Crippen LogP contribution in [-0.4, -0.2) is 46.6 Å². The zero-order chi connectivity index (χ0) is 10.3. The summed E-state index contributed by atoms with van der Waals surface area (Å²) in [6.45, 7) is -1.65. The molecule has 0 amide bonds. The van der Waals surface area contributed by atoms with Gasteiger partial charge in [0.15, 0.2) is 0 Å². The molecule has 1 unspecified atom stereocenters. The van der Waals surface area contributed by atoms with Crippen LogP contribution in [0.5, 0.6) is 0 Å². The van der Waals surface area contributed by atoms with Crippen LogP contribution in [0.2, 0.25) is 0 Å². The van der Waals surface area contributed by atoms with Crippen LogP contribution >= 0.6 is 20.5 Å². The molecule has 0 radical (unpaired) electrons. The highest BCUT2D eigenvalue weighted by Crippen LogP contribution is 2.36. The average Bonchev–Trinajstić information content (AvgIpc) is 2.20. The Morgan fingerprint density at radius 3 is 1.92 bits per heavy atom. The largest absolute Gasteiger partial charge is 0.396 e. The zero-order valence-corrected chi connectivity index (χ0v) is 8.41. The molecule has 0 aliphatic rings. The van der Waals surface area contributed by atoms with Gasteiger partial charge in [0.25, 0.3) is 0 Å². The lowest BCUT2D eigenvalue weighted by molar-refractivity contribution is -0.0275. The van der Waals surface area contributed by atoms with E-state index in [4.69, 9.17) is 32.1 Å². The lowest BCUT2D eigenvalue weighted by Crippen LogP contribution is -2.38. The molecule has 4 N–H and O–H groups in total. The predicted molar refractivity (Wildman–Crippen MR) is 45.7 cm³/mol. The summed E-state index contributed by atoms with van der Waals surface area (Å²) in [5, 5.41) is 26.4. The SMILES string of the molecule is OCC(CO)(CO)COP(O)OCl. The second-order valence-corrected chi connectivity index (χ2v) is 3.84. The number of hydrogen-bond acceptors (Lipinski definition) is 6. The summed E-state index contributed by atoms with van der Waals surface area (Å²) < 4.78 is 8.52. The number of halogens is 1. The van der Waals surface area contributed by atoms with E-state index in [1.165, 1.54) is 0 Å². The van der Waals surface area contributed by atoms with E-state index in [0.717, 1.165) is 0 Å². The number of aliphatic hydroxyl groups is 3. The lowest BCUT2D eigenvalue weighted by atomic mass is 9.93.